The quantitative estimate of drug-likeness (QED) is 0.207. The van der Waals surface area contributed by atoms with Gasteiger partial charge in [0.15, 0.2) is 0 Å². The van der Waals surface area contributed by atoms with Crippen LogP contribution in [0.2, 0.25) is 0 Å². The van der Waals surface area contributed by atoms with Gasteiger partial charge in [0.05, 0.1) is 17.6 Å². The van der Waals surface area contributed by atoms with Crippen molar-refractivity contribution in [2.45, 2.75) is 59.9 Å². The van der Waals surface area contributed by atoms with Crippen LogP contribution in [0.15, 0.2) is 74.1 Å². The van der Waals surface area contributed by atoms with Crippen LogP contribution in [0.3, 0.4) is 0 Å². The third-order valence-electron chi connectivity index (χ3n) is 5.62. The van der Waals surface area contributed by atoms with Crippen LogP contribution in [-0.2, 0) is 39.3 Å². The van der Waals surface area contributed by atoms with Crippen LogP contribution in [-0.4, -0.2) is 27.9 Å². The SMILES string of the molecule is C=C.C=C1C(=C)C(CC)(CCCC)C(=C)N1Cc1nc2ccccc2n1[NH-].CC.CN.CS.[CH3-].[Y]. The van der Waals surface area contributed by atoms with Crippen molar-refractivity contribution in [2.75, 3.05) is 13.3 Å². The number of nitrogens with one attached hydrogen (secondary N) is 1. The van der Waals surface area contributed by atoms with E-state index in [4.69, 9.17) is 5.84 Å². The Balaban J connectivity index is -0.000000437. The number of unbranched alkanes of at least 4 members (excludes halogenated alkanes) is 1. The number of allylic oxidation sites excluding steroid dienone is 2. The first-order chi connectivity index (χ1) is 16.0. The van der Waals surface area contributed by atoms with Crippen molar-refractivity contribution >= 4 is 23.7 Å². The minimum absolute atomic E-state index is 0. The molecule has 0 spiro atoms. The molecule has 0 amide bonds. The third kappa shape index (κ3) is 9.24. The molecule has 1 unspecified atom stereocenters. The van der Waals surface area contributed by atoms with Crippen LogP contribution < -0.4 is 5.73 Å². The van der Waals surface area contributed by atoms with Crippen molar-refractivity contribution in [3.63, 3.8) is 0 Å². The van der Waals surface area contributed by atoms with E-state index >= 15 is 0 Å². The van der Waals surface area contributed by atoms with E-state index in [2.05, 4.69) is 75.0 Å². The van der Waals surface area contributed by atoms with Gasteiger partial charge in [-0.25, -0.2) is 4.98 Å². The number of nitrogens with two attached hydrogens (primary N) is 1. The summed E-state index contributed by atoms with van der Waals surface area (Å²) in [6, 6.07) is 7.74. The molecule has 0 aliphatic carbocycles. The number of benzene rings is 1. The van der Waals surface area contributed by atoms with E-state index in [0.29, 0.717) is 12.4 Å². The zero-order chi connectivity index (χ0) is 26.2. The molecule has 35 heavy (non-hydrogen) atoms. The minimum Gasteiger partial charge on any atom is -0.630 e. The average molecular weight is 577 g/mol. The molecule has 1 fully saturated rings. The molecular weight excluding hydrogens is 527 g/mol. The summed E-state index contributed by atoms with van der Waals surface area (Å²) >= 11 is 3.53. The summed E-state index contributed by atoms with van der Waals surface area (Å²) in [5.41, 5.74) is 9.09. The number of rotatable bonds is 6. The van der Waals surface area contributed by atoms with Crippen molar-refractivity contribution < 1.29 is 32.7 Å². The molecule has 2 aromatic rings. The van der Waals surface area contributed by atoms with Gasteiger partial charge in [-0.3, -0.25) is 0 Å². The zero-order valence-electron chi connectivity index (χ0n) is 23.3. The number of thiol groups is 1. The molecule has 3 N–H and O–H groups in total. The second-order valence-corrected chi connectivity index (χ2v) is 6.85. The molecule has 197 valence electrons. The van der Waals surface area contributed by atoms with Gasteiger partial charge in [0.2, 0.25) is 0 Å². The molecular formula is C28H49N5SY-2. The average Bonchev–Trinajstić information content (AvgIpc) is 3.30. The van der Waals surface area contributed by atoms with Crippen molar-refractivity contribution in [3.05, 3.63) is 93.2 Å². The normalized spacial score (nSPS) is 15.5. The molecule has 1 aromatic heterocycles. The third-order valence-corrected chi connectivity index (χ3v) is 5.62. The molecule has 1 saturated heterocycles. The van der Waals surface area contributed by atoms with Crippen molar-refractivity contribution in [1.82, 2.24) is 14.6 Å². The molecule has 0 saturated carbocycles. The number of fused-ring (bicyclic) bond motifs is 1. The van der Waals surface area contributed by atoms with Crippen LogP contribution >= 0.6 is 12.6 Å². The molecule has 1 aliphatic rings. The first-order valence-corrected chi connectivity index (χ1v) is 12.4. The Morgan fingerprint density at radius 3 is 2.03 bits per heavy atom. The summed E-state index contributed by atoms with van der Waals surface area (Å²) in [5, 5.41) is 0. The number of likely N-dealkylation sites (tertiary alicyclic amines) is 1. The van der Waals surface area contributed by atoms with Gasteiger partial charge in [-0.05, 0) is 43.9 Å². The van der Waals surface area contributed by atoms with Crippen LogP contribution in [0.25, 0.3) is 16.9 Å². The number of hydrogen-bond acceptors (Lipinski definition) is 4. The number of nitrogens with zero attached hydrogens (tertiary/aromatic N) is 3. The first kappa shape index (κ1) is 40.8. The summed E-state index contributed by atoms with van der Waals surface area (Å²) in [6.07, 6.45) is 6.00. The monoisotopic (exact) mass is 576 g/mol. The predicted molar refractivity (Wildman–Crippen MR) is 159 cm³/mol. The van der Waals surface area contributed by atoms with Gasteiger partial charge < -0.3 is 28.6 Å². The molecule has 7 heteroatoms. The number of aromatic nitrogens is 2. The molecule has 0 bridgehead atoms. The molecule has 2 heterocycles. The summed E-state index contributed by atoms with van der Waals surface area (Å²) < 4.78 is 1.41. The zero-order valence-corrected chi connectivity index (χ0v) is 27.1. The molecule has 1 aromatic carbocycles. The van der Waals surface area contributed by atoms with E-state index in [1.54, 1.807) is 6.26 Å². The molecule has 3 rings (SSSR count). The number of hydrogen-bond donors (Lipinski definition) is 2. The fraction of sp³-hybridized carbons (Fsp3) is 0.429. The number of para-hydroxylation sites is 2. The Bertz CT molecular complexity index is 877. The largest absolute Gasteiger partial charge is 0.630 e. The maximum Gasteiger partial charge on any atom is 0.116 e. The Labute approximate surface area is 247 Å². The van der Waals surface area contributed by atoms with E-state index < -0.39 is 0 Å². The maximum absolute atomic E-state index is 8.37. The van der Waals surface area contributed by atoms with Gasteiger partial charge in [-0.1, -0.05) is 72.4 Å². The molecule has 1 radical (unpaired) electrons. The van der Waals surface area contributed by atoms with E-state index in [-0.39, 0.29) is 45.6 Å². The van der Waals surface area contributed by atoms with Gasteiger partial charge in [0, 0.05) is 49.5 Å². The topological polar surface area (TPSA) is 70.9 Å². The molecule has 5 nitrogen and oxygen atoms in total. The van der Waals surface area contributed by atoms with Crippen molar-refractivity contribution in [1.29, 1.82) is 0 Å². The van der Waals surface area contributed by atoms with E-state index in [1.165, 1.54) is 11.7 Å². The van der Waals surface area contributed by atoms with Gasteiger partial charge in [0.25, 0.3) is 0 Å². The predicted octanol–water partition coefficient (Wildman–Crippen LogP) is 8.23. The Morgan fingerprint density at radius 1 is 1.06 bits per heavy atom. The second-order valence-electron chi connectivity index (χ2n) is 6.85. The minimum atomic E-state index is -0.105. The summed E-state index contributed by atoms with van der Waals surface area (Å²) in [4.78, 5) is 6.73. The smallest absolute Gasteiger partial charge is 0.116 e. The second kappa shape index (κ2) is 21.9. The van der Waals surface area contributed by atoms with Crippen LogP contribution in [0.4, 0.5) is 0 Å². The van der Waals surface area contributed by atoms with Gasteiger partial charge in [-0.15, -0.1) is 13.2 Å². The van der Waals surface area contributed by atoms with Crippen LogP contribution in [0, 0.1) is 12.8 Å². The standard InChI is InChI=1S/C21H27N4.C2H6.C2H4.CH5N.CH4S.CH3.Y/c1-6-8-13-21(7-2)15(3)16(4)24(17(21)5)14-20-23-18-11-9-10-12-19(18)25(20)22;4*1-2;;/h9-12,22H,3-8,13-14H2,1-2H3;1-2H3;1-2H2;2H2,1H3;2H,1H3;1H3;/q-1;;;;;-1;. The number of imidazole rings is 1. The fourth-order valence-electron chi connectivity index (χ4n) is 3.92. The van der Waals surface area contributed by atoms with Crippen molar-refractivity contribution in [3.8, 4) is 0 Å². The fourth-order valence-corrected chi connectivity index (χ4v) is 3.92. The summed E-state index contributed by atoms with van der Waals surface area (Å²) in [6.45, 7) is 27.9. The Hall–Kier alpha value is -1.34. The van der Waals surface area contributed by atoms with E-state index in [0.717, 1.165) is 53.7 Å². The molecule has 1 atom stereocenters. The van der Waals surface area contributed by atoms with Gasteiger partial charge in [0.1, 0.15) is 5.82 Å². The van der Waals surface area contributed by atoms with Crippen LogP contribution in [0.5, 0.6) is 0 Å². The maximum atomic E-state index is 8.37. The van der Waals surface area contributed by atoms with Gasteiger partial charge >= 0.3 is 0 Å². The van der Waals surface area contributed by atoms with Gasteiger partial charge in [-0.2, -0.15) is 12.6 Å². The molecule has 1 aliphatic heterocycles. The Morgan fingerprint density at radius 2 is 1.57 bits per heavy atom. The van der Waals surface area contributed by atoms with Crippen LogP contribution in [0.1, 0.15) is 59.2 Å². The van der Waals surface area contributed by atoms with Crippen molar-refractivity contribution in [2.24, 2.45) is 11.1 Å². The first-order valence-electron chi connectivity index (χ1n) is 11.5. The van der Waals surface area contributed by atoms with E-state index in [1.807, 2.05) is 38.1 Å². The summed E-state index contributed by atoms with van der Waals surface area (Å²) in [7, 11) is 1.50. The van der Waals surface area contributed by atoms with E-state index in [9.17, 15) is 0 Å². The Kier molecular flexibility index (Phi) is 25.5. The summed E-state index contributed by atoms with van der Waals surface area (Å²) in [5.74, 6) is 9.06.